The summed E-state index contributed by atoms with van der Waals surface area (Å²) in [4.78, 5) is 12.0. The zero-order valence-electron chi connectivity index (χ0n) is 13.2. The zero-order valence-corrected chi connectivity index (χ0v) is 14.8. The summed E-state index contributed by atoms with van der Waals surface area (Å²) in [7, 11) is 0. The first kappa shape index (κ1) is 17.4. The monoisotopic (exact) mass is 369 g/mol. The molecule has 1 heterocycles. The van der Waals surface area contributed by atoms with E-state index in [1.54, 1.807) is 0 Å². The molecule has 1 aromatic rings. The maximum Gasteiger partial charge on any atom is 0.246 e. The van der Waals surface area contributed by atoms with Crippen molar-refractivity contribution in [3.8, 4) is 0 Å². The number of amides is 1. The number of benzene rings is 1. The third kappa shape index (κ3) is 4.80. The Labute approximate surface area is 140 Å². The van der Waals surface area contributed by atoms with Crippen molar-refractivity contribution < 1.29 is 14.3 Å². The molecule has 1 aromatic carbocycles. The van der Waals surface area contributed by atoms with Crippen molar-refractivity contribution in [3.63, 3.8) is 0 Å². The topological polar surface area (TPSA) is 47.6 Å². The van der Waals surface area contributed by atoms with Crippen LogP contribution >= 0.6 is 15.9 Å². The summed E-state index contributed by atoms with van der Waals surface area (Å²) in [5, 5.41) is 3.03. The third-order valence-electron chi connectivity index (χ3n) is 4.06. The molecular weight excluding hydrogens is 346 g/mol. The molecule has 1 saturated heterocycles. The maximum absolute atomic E-state index is 12.0. The van der Waals surface area contributed by atoms with Gasteiger partial charge in [-0.1, -0.05) is 28.1 Å². The SMILES string of the molecule is CC(C)OCC(=O)NCC1(c2cccc(Br)c2)CCOCC1. The van der Waals surface area contributed by atoms with Crippen molar-refractivity contribution in [1.29, 1.82) is 0 Å². The summed E-state index contributed by atoms with van der Waals surface area (Å²) in [5.41, 5.74) is 1.19. The lowest BCUT2D eigenvalue weighted by Crippen LogP contribution is -2.45. The molecule has 0 bridgehead atoms. The van der Waals surface area contributed by atoms with Crippen LogP contribution in [0.1, 0.15) is 32.3 Å². The van der Waals surface area contributed by atoms with E-state index >= 15 is 0 Å². The van der Waals surface area contributed by atoms with Gasteiger partial charge >= 0.3 is 0 Å². The number of halogens is 1. The van der Waals surface area contributed by atoms with Gasteiger partial charge in [0.1, 0.15) is 6.61 Å². The molecule has 0 atom stereocenters. The van der Waals surface area contributed by atoms with Gasteiger partial charge in [0.05, 0.1) is 6.10 Å². The van der Waals surface area contributed by atoms with Crippen molar-refractivity contribution in [2.24, 2.45) is 0 Å². The van der Waals surface area contributed by atoms with Crippen molar-refractivity contribution in [2.45, 2.75) is 38.2 Å². The first-order chi connectivity index (χ1) is 10.5. The fourth-order valence-electron chi connectivity index (χ4n) is 2.71. The van der Waals surface area contributed by atoms with Crippen LogP contribution in [0.2, 0.25) is 0 Å². The smallest absolute Gasteiger partial charge is 0.246 e. The first-order valence-electron chi connectivity index (χ1n) is 7.74. The minimum absolute atomic E-state index is 0.0600. The quantitative estimate of drug-likeness (QED) is 0.838. The molecule has 1 amide bonds. The second-order valence-electron chi connectivity index (χ2n) is 6.04. The van der Waals surface area contributed by atoms with Gasteiger partial charge in [0.15, 0.2) is 0 Å². The van der Waals surface area contributed by atoms with Crippen molar-refractivity contribution >= 4 is 21.8 Å². The van der Waals surface area contributed by atoms with Gasteiger partial charge in [-0.3, -0.25) is 4.79 Å². The van der Waals surface area contributed by atoms with Gasteiger partial charge in [-0.2, -0.15) is 0 Å². The highest BCUT2D eigenvalue weighted by molar-refractivity contribution is 9.10. The number of carbonyl (C=O) groups excluding carboxylic acids is 1. The summed E-state index contributed by atoms with van der Waals surface area (Å²) >= 11 is 3.54. The van der Waals surface area contributed by atoms with E-state index in [2.05, 4.69) is 33.4 Å². The number of hydrogen-bond acceptors (Lipinski definition) is 3. The second kappa shape index (κ2) is 8.09. The van der Waals surface area contributed by atoms with Crippen LogP contribution in [-0.2, 0) is 19.7 Å². The van der Waals surface area contributed by atoms with E-state index in [4.69, 9.17) is 9.47 Å². The van der Waals surface area contributed by atoms with Crippen molar-refractivity contribution in [1.82, 2.24) is 5.32 Å². The van der Waals surface area contributed by atoms with Gasteiger partial charge in [0.25, 0.3) is 0 Å². The lowest BCUT2D eigenvalue weighted by molar-refractivity contribution is -0.127. The summed E-state index contributed by atoms with van der Waals surface area (Å²) in [6, 6.07) is 8.33. The standard InChI is InChI=1S/C17H24BrNO3/c1-13(2)22-11-16(20)19-12-17(6-8-21-9-7-17)14-4-3-5-15(18)10-14/h3-5,10,13H,6-9,11-12H2,1-2H3,(H,19,20). The van der Waals surface area contributed by atoms with E-state index in [-0.39, 0.29) is 24.0 Å². The van der Waals surface area contributed by atoms with Gasteiger partial charge in [-0.25, -0.2) is 0 Å². The fourth-order valence-corrected chi connectivity index (χ4v) is 3.11. The van der Waals surface area contributed by atoms with Crippen LogP contribution in [0.5, 0.6) is 0 Å². The molecule has 1 aliphatic heterocycles. The van der Waals surface area contributed by atoms with Gasteiger partial charge in [0, 0.05) is 29.6 Å². The summed E-state index contributed by atoms with van der Waals surface area (Å²) in [6.07, 6.45) is 1.89. The highest BCUT2D eigenvalue weighted by atomic mass is 79.9. The second-order valence-corrected chi connectivity index (χ2v) is 6.96. The molecule has 0 aliphatic carbocycles. The number of hydrogen-bond donors (Lipinski definition) is 1. The molecule has 122 valence electrons. The first-order valence-corrected chi connectivity index (χ1v) is 8.53. The normalized spacial score (nSPS) is 17.5. The van der Waals surface area contributed by atoms with E-state index in [9.17, 15) is 4.79 Å². The summed E-state index contributed by atoms with van der Waals surface area (Å²) in [5.74, 6) is -0.0606. The number of ether oxygens (including phenoxy) is 2. The van der Waals surface area contributed by atoms with Gasteiger partial charge < -0.3 is 14.8 Å². The highest BCUT2D eigenvalue weighted by Gasteiger charge is 2.34. The molecule has 2 rings (SSSR count). The molecule has 22 heavy (non-hydrogen) atoms. The van der Waals surface area contributed by atoms with Crippen LogP contribution < -0.4 is 5.32 Å². The van der Waals surface area contributed by atoms with Crippen LogP contribution in [-0.4, -0.2) is 38.4 Å². The van der Waals surface area contributed by atoms with Gasteiger partial charge in [-0.15, -0.1) is 0 Å². The molecule has 4 nitrogen and oxygen atoms in total. The van der Waals surface area contributed by atoms with E-state index in [1.165, 1.54) is 5.56 Å². The Kier molecular flexibility index (Phi) is 6.41. The highest BCUT2D eigenvalue weighted by Crippen LogP contribution is 2.35. The summed E-state index contributed by atoms with van der Waals surface area (Å²) in [6.45, 7) is 6.04. The van der Waals surface area contributed by atoms with Crippen LogP contribution in [0.25, 0.3) is 0 Å². The Morgan fingerprint density at radius 2 is 2.14 bits per heavy atom. The van der Waals surface area contributed by atoms with E-state index in [1.807, 2.05) is 26.0 Å². The average molecular weight is 370 g/mol. The maximum atomic E-state index is 12.0. The number of carbonyl (C=O) groups is 1. The Morgan fingerprint density at radius 3 is 2.77 bits per heavy atom. The molecule has 1 aliphatic rings. The summed E-state index contributed by atoms with van der Waals surface area (Å²) < 4.78 is 11.9. The van der Waals surface area contributed by atoms with Crippen molar-refractivity contribution in [2.75, 3.05) is 26.4 Å². The molecule has 0 saturated carbocycles. The predicted molar refractivity (Wildman–Crippen MR) is 90.0 cm³/mol. The van der Waals surface area contributed by atoms with Crippen LogP contribution in [0.3, 0.4) is 0 Å². The minimum atomic E-state index is -0.0606. The molecule has 1 N–H and O–H groups in total. The molecular formula is C17H24BrNO3. The van der Waals surface area contributed by atoms with E-state index < -0.39 is 0 Å². The molecule has 0 unspecified atom stereocenters. The largest absolute Gasteiger partial charge is 0.381 e. The Balaban J connectivity index is 2.05. The molecule has 0 aromatic heterocycles. The Morgan fingerprint density at radius 1 is 1.41 bits per heavy atom. The molecule has 1 fully saturated rings. The lowest BCUT2D eigenvalue weighted by Gasteiger charge is -2.38. The third-order valence-corrected chi connectivity index (χ3v) is 4.55. The predicted octanol–water partition coefficient (Wildman–Crippen LogP) is 3.04. The number of nitrogens with one attached hydrogen (secondary N) is 1. The van der Waals surface area contributed by atoms with E-state index in [0.717, 1.165) is 30.5 Å². The van der Waals surface area contributed by atoms with E-state index in [0.29, 0.717) is 6.54 Å². The molecule has 0 spiro atoms. The Bertz CT molecular complexity index is 498. The zero-order chi connectivity index (χ0) is 16.0. The Hall–Kier alpha value is -0.910. The lowest BCUT2D eigenvalue weighted by atomic mass is 9.74. The van der Waals surface area contributed by atoms with Crippen molar-refractivity contribution in [3.05, 3.63) is 34.3 Å². The van der Waals surface area contributed by atoms with Gasteiger partial charge in [0.2, 0.25) is 5.91 Å². The van der Waals surface area contributed by atoms with Crippen LogP contribution in [0.15, 0.2) is 28.7 Å². The number of rotatable bonds is 6. The van der Waals surface area contributed by atoms with Crippen LogP contribution in [0.4, 0.5) is 0 Å². The van der Waals surface area contributed by atoms with Gasteiger partial charge in [-0.05, 0) is 44.4 Å². The molecule has 0 radical (unpaired) electrons. The average Bonchev–Trinajstić information content (AvgIpc) is 2.52. The van der Waals surface area contributed by atoms with Crippen LogP contribution in [0, 0.1) is 0 Å². The minimum Gasteiger partial charge on any atom is -0.381 e. The fraction of sp³-hybridized carbons (Fsp3) is 0.588. The molecule has 5 heteroatoms.